The summed E-state index contributed by atoms with van der Waals surface area (Å²) in [6.45, 7) is 5.72. The topological polar surface area (TPSA) is 15.3 Å². The van der Waals surface area contributed by atoms with Gasteiger partial charge in [0.2, 0.25) is 0 Å². The van der Waals surface area contributed by atoms with Gasteiger partial charge < -0.3 is 10.2 Å². The van der Waals surface area contributed by atoms with Gasteiger partial charge in [-0.3, -0.25) is 0 Å². The van der Waals surface area contributed by atoms with E-state index >= 15 is 0 Å². The van der Waals surface area contributed by atoms with Crippen molar-refractivity contribution in [1.29, 1.82) is 0 Å². The number of anilines is 1. The van der Waals surface area contributed by atoms with E-state index in [1.165, 1.54) is 18.5 Å². The van der Waals surface area contributed by atoms with Gasteiger partial charge in [-0.15, -0.1) is 0 Å². The highest BCUT2D eigenvalue weighted by atomic mass is 79.9. The summed E-state index contributed by atoms with van der Waals surface area (Å²) in [5, 5.41) is 3.47. The predicted molar refractivity (Wildman–Crippen MR) is 73.1 cm³/mol. The van der Waals surface area contributed by atoms with Crippen LogP contribution >= 0.6 is 15.9 Å². The Labute approximate surface area is 106 Å². The maximum atomic E-state index is 3.54. The molecular weight excluding hydrogens is 264 g/mol. The summed E-state index contributed by atoms with van der Waals surface area (Å²) in [5.74, 6) is 0. The van der Waals surface area contributed by atoms with Crippen molar-refractivity contribution in [1.82, 2.24) is 5.32 Å². The van der Waals surface area contributed by atoms with Crippen LogP contribution in [0.15, 0.2) is 28.7 Å². The normalized spacial score (nSPS) is 22.6. The SMILES string of the molecule is CC1CCNCCCN1c1cccc(Br)c1. The molecule has 3 heteroatoms. The fraction of sp³-hybridized carbons (Fsp3) is 0.538. The number of halogens is 1. The lowest BCUT2D eigenvalue weighted by molar-refractivity contribution is 0.499. The highest BCUT2D eigenvalue weighted by Gasteiger charge is 2.15. The lowest BCUT2D eigenvalue weighted by atomic mass is 10.1. The molecule has 2 nitrogen and oxygen atoms in total. The third-order valence-electron chi connectivity index (χ3n) is 3.16. The summed E-state index contributed by atoms with van der Waals surface area (Å²) < 4.78 is 1.16. The average Bonchev–Trinajstić information content (AvgIpc) is 2.24. The zero-order valence-electron chi connectivity index (χ0n) is 9.75. The van der Waals surface area contributed by atoms with Gasteiger partial charge >= 0.3 is 0 Å². The third-order valence-corrected chi connectivity index (χ3v) is 3.66. The standard InChI is InChI=1S/C13H19BrN2/c1-11-6-8-15-7-3-9-16(11)13-5-2-4-12(14)10-13/h2,4-5,10-11,15H,3,6-9H2,1H3. The number of nitrogens with zero attached hydrogens (tertiary/aromatic N) is 1. The van der Waals surface area contributed by atoms with Gasteiger partial charge in [0.15, 0.2) is 0 Å². The molecule has 1 aromatic carbocycles. The Morgan fingerprint density at radius 2 is 2.25 bits per heavy atom. The van der Waals surface area contributed by atoms with Gasteiger partial charge in [0.05, 0.1) is 0 Å². The van der Waals surface area contributed by atoms with Crippen molar-refractivity contribution in [2.45, 2.75) is 25.8 Å². The highest BCUT2D eigenvalue weighted by Crippen LogP contribution is 2.23. The van der Waals surface area contributed by atoms with Crippen LogP contribution in [0.1, 0.15) is 19.8 Å². The quantitative estimate of drug-likeness (QED) is 0.852. The van der Waals surface area contributed by atoms with Gasteiger partial charge in [0, 0.05) is 22.7 Å². The molecule has 0 bridgehead atoms. The molecule has 1 N–H and O–H groups in total. The van der Waals surface area contributed by atoms with Crippen LogP contribution in [-0.2, 0) is 0 Å². The minimum absolute atomic E-state index is 0.613. The van der Waals surface area contributed by atoms with E-state index < -0.39 is 0 Å². The van der Waals surface area contributed by atoms with Crippen molar-refractivity contribution in [3.05, 3.63) is 28.7 Å². The number of rotatable bonds is 1. The molecular formula is C13H19BrN2. The second-order valence-corrected chi connectivity index (χ2v) is 5.33. The number of hydrogen-bond acceptors (Lipinski definition) is 2. The molecule has 0 amide bonds. The number of benzene rings is 1. The fourth-order valence-electron chi connectivity index (χ4n) is 2.22. The van der Waals surface area contributed by atoms with Crippen molar-refractivity contribution in [2.24, 2.45) is 0 Å². The molecule has 0 aromatic heterocycles. The van der Waals surface area contributed by atoms with Crippen LogP contribution in [0, 0.1) is 0 Å². The largest absolute Gasteiger partial charge is 0.369 e. The van der Waals surface area contributed by atoms with Gasteiger partial charge in [-0.2, -0.15) is 0 Å². The molecule has 1 aliphatic rings. The van der Waals surface area contributed by atoms with Crippen molar-refractivity contribution in [2.75, 3.05) is 24.5 Å². The zero-order valence-corrected chi connectivity index (χ0v) is 11.3. The Morgan fingerprint density at radius 1 is 1.38 bits per heavy atom. The highest BCUT2D eigenvalue weighted by molar-refractivity contribution is 9.10. The van der Waals surface area contributed by atoms with Crippen LogP contribution in [0.2, 0.25) is 0 Å². The molecule has 1 saturated heterocycles. The molecule has 1 fully saturated rings. The van der Waals surface area contributed by atoms with Crippen LogP contribution < -0.4 is 10.2 Å². The van der Waals surface area contributed by atoms with E-state index in [0.29, 0.717) is 6.04 Å². The minimum atomic E-state index is 0.613. The van der Waals surface area contributed by atoms with Crippen LogP contribution in [-0.4, -0.2) is 25.7 Å². The smallest absolute Gasteiger partial charge is 0.0379 e. The average molecular weight is 283 g/mol. The summed E-state index contributed by atoms with van der Waals surface area (Å²) in [7, 11) is 0. The molecule has 1 aliphatic heterocycles. The molecule has 0 radical (unpaired) electrons. The van der Waals surface area contributed by atoms with Crippen LogP contribution in [0.5, 0.6) is 0 Å². The lowest BCUT2D eigenvalue weighted by Gasteiger charge is -2.33. The maximum absolute atomic E-state index is 3.54. The Morgan fingerprint density at radius 3 is 3.06 bits per heavy atom. The Balaban J connectivity index is 2.15. The number of hydrogen-bond donors (Lipinski definition) is 1. The van der Waals surface area contributed by atoms with E-state index in [0.717, 1.165) is 24.1 Å². The summed E-state index contributed by atoms with van der Waals surface area (Å²) in [4.78, 5) is 2.52. The second kappa shape index (κ2) is 5.69. The fourth-order valence-corrected chi connectivity index (χ4v) is 2.61. The Hall–Kier alpha value is -0.540. The molecule has 16 heavy (non-hydrogen) atoms. The van der Waals surface area contributed by atoms with Crippen molar-refractivity contribution in [3.8, 4) is 0 Å². The van der Waals surface area contributed by atoms with Gasteiger partial charge in [0.1, 0.15) is 0 Å². The summed E-state index contributed by atoms with van der Waals surface area (Å²) in [6.07, 6.45) is 2.43. The first kappa shape index (κ1) is 11.9. The Kier molecular flexibility index (Phi) is 4.24. The minimum Gasteiger partial charge on any atom is -0.369 e. The van der Waals surface area contributed by atoms with Crippen LogP contribution in [0.25, 0.3) is 0 Å². The van der Waals surface area contributed by atoms with Gasteiger partial charge in [-0.1, -0.05) is 22.0 Å². The lowest BCUT2D eigenvalue weighted by Crippen LogP contribution is -2.40. The van der Waals surface area contributed by atoms with Gasteiger partial charge in [-0.25, -0.2) is 0 Å². The van der Waals surface area contributed by atoms with E-state index in [2.05, 4.69) is 57.3 Å². The Bertz CT molecular complexity index is 340. The van der Waals surface area contributed by atoms with Gasteiger partial charge in [-0.05, 0) is 51.1 Å². The predicted octanol–water partition coefficient (Wildman–Crippen LogP) is 3.03. The van der Waals surface area contributed by atoms with Crippen LogP contribution in [0.3, 0.4) is 0 Å². The first-order valence-corrected chi connectivity index (χ1v) is 6.79. The third kappa shape index (κ3) is 2.98. The van der Waals surface area contributed by atoms with Crippen molar-refractivity contribution in [3.63, 3.8) is 0 Å². The van der Waals surface area contributed by atoms with Gasteiger partial charge in [0.25, 0.3) is 0 Å². The van der Waals surface area contributed by atoms with E-state index in [-0.39, 0.29) is 0 Å². The van der Waals surface area contributed by atoms with Crippen LogP contribution in [0.4, 0.5) is 5.69 Å². The molecule has 88 valence electrons. The number of nitrogens with one attached hydrogen (secondary N) is 1. The summed E-state index contributed by atoms with van der Waals surface area (Å²) >= 11 is 3.54. The van der Waals surface area contributed by atoms with E-state index in [9.17, 15) is 0 Å². The molecule has 0 spiro atoms. The molecule has 0 saturated carbocycles. The molecule has 1 atom stereocenters. The summed E-state index contributed by atoms with van der Waals surface area (Å²) in [6, 6.07) is 9.23. The molecule has 2 rings (SSSR count). The van der Waals surface area contributed by atoms with E-state index in [1.807, 2.05) is 0 Å². The first-order valence-electron chi connectivity index (χ1n) is 6.00. The van der Waals surface area contributed by atoms with Crippen molar-refractivity contribution < 1.29 is 0 Å². The van der Waals surface area contributed by atoms with E-state index in [1.54, 1.807) is 0 Å². The van der Waals surface area contributed by atoms with Crippen molar-refractivity contribution >= 4 is 21.6 Å². The molecule has 0 aliphatic carbocycles. The summed E-state index contributed by atoms with van der Waals surface area (Å²) in [5.41, 5.74) is 1.34. The molecule has 1 aromatic rings. The molecule has 1 heterocycles. The maximum Gasteiger partial charge on any atom is 0.0379 e. The van der Waals surface area contributed by atoms with E-state index in [4.69, 9.17) is 0 Å². The molecule has 1 unspecified atom stereocenters. The first-order chi connectivity index (χ1) is 7.77. The zero-order chi connectivity index (χ0) is 11.4. The monoisotopic (exact) mass is 282 g/mol. The second-order valence-electron chi connectivity index (χ2n) is 4.41.